The molecule has 3 atom stereocenters. The topological polar surface area (TPSA) is 32.3 Å². The highest BCUT2D eigenvalue weighted by molar-refractivity contribution is 4.79. The molecule has 78 valence electrons. The molecule has 0 amide bonds. The van der Waals surface area contributed by atoms with Crippen LogP contribution in [0.15, 0.2) is 0 Å². The van der Waals surface area contributed by atoms with Gasteiger partial charge in [0.05, 0.1) is 6.10 Å². The molecule has 0 spiro atoms. The molecule has 1 aliphatic carbocycles. The van der Waals surface area contributed by atoms with E-state index in [1.165, 1.54) is 19.3 Å². The molecule has 0 aliphatic heterocycles. The largest absolute Gasteiger partial charge is 0.393 e. The minimum atomic E-state index is -0.185. The predicted molar refractivity (Wildman–Crippen MR) is 55.7 cm³/mol. The molecule has 0 saturated heterocycles. The third-order valence-corrected chi connectivity index (χ3v) is 2.65. The molecule has 0 aromatic rings. The lowest BCUT2D eigenvalue weighted by Crippen LogP contribution is -2.36. The summed E-state index contributed by atoms with van der Waals surface area (Å²) in [6.07, 6.45) is 4.84. The molecule has 3 unspecified atom stereocenters. The monoisotopic (exact) mass is 185 g/mol. The molecule has 1 saturated carbocycles. The summed E-state index contributed by atoms with van der Waals surface area (Å²) in [6, 6.07) is 1.05. The summed E-state index contributed by atoms with van der Waals surface area (Å²) in [5, 5.41) is 12.7. The molecule has 2 heteroatoms. The summed E-state index contributed by atoms with van der Waals surface area (Å²) in [7, 11) is 0. The Morgan fingerprint density at radius 1 is 1.23 bits per heavy atom. The number of nitrogens with one attached hydrogen (secondary N) is 1. The Balaban J connectivity index is 2.06. The highest BCUT2D eigenvalue weighted by Crippen LogP contribution is 2.33. The molecular formula is C11H23NO. The van der Waals surface area contributed by atoms with Crippen LogP contribution in [-0.4, -0.2) is 23.3 Å². The molecule has 1 rings (SSSR count). The molecule has 2 N–H and O–H groups in total. The van der Waals surface area contributed by atoms with E-state index in [9.17, 15) is 5.11 Å². The van der Waals surface area contributed by atoms with Crippen LogP contribution in [-0.2, 0) is 0 Å². The lowest BCUT2D eigenvalue weighted by atomic mass is 10.1. The first kappa shape index (κ1) is 11.0. The van der Waals surface area contributed by atoms with Crippen molar-refractivity contribution in [2.24, 2.45) is 5.92 Å². The average Bonchev–Trinajstić information content (AvgIpc) is 2.67. The van der Waals surface area contributed by atoms with E-state index in [0.29, 0.717) is 12.1 Å². The van der Waals surface area contributed by atoms with E-state index in [0.717, 1.165) is 12.3 Å². The van der Waals surface area contributed by atoms with Crippen LogP contribution in [0.4, 0.5) is 0 Å². The van der Waals surface area contributed by atoms with E-state index in [1.54, 1.807) is 0 Å². The average molecular weight is 185 g/mol. The molecule has 0 radical (unpaired) electrons. The summed E-state index contributed by atoms with van der Waals surface area (Å²) in [5.41, 5.74) is 0. The first-order valence-corrected chi connectivity index (χ1v) is 5.52. The van der Waals surface area contributed by atoms with E-state index >= 15 is 0 Å². The summed E-state index contributed by atoms with van der Waals surface area (Å²) in [6.45, 7) is 6.25. The molecular weight excluding hydrogens is 162 g/mol. The van der Waals surface area contributed by atoms with Gasteiger partial charge in [0.1, 0.15) is 0 Å². The van der Waals surface area contributed by atoms with Crippen LogP contribution in [0.25, 0.3) is 0 Å². The summed E-state index contributed by atoms with van der Waals surface area (Å²) >= 11 is 0. The highest BCUT2D eigenvalue weighted by Gasteiger charge is 2.23. The van der Waals surface area contributed by atoms with Gasteiger partial charge in [-0.3, -0.25) is 0 Å². The molecule has 1 aliphatic rings. The van der Waals surface area contributed by atoms with E-state index in [2.05, 4.69) is 19.2 Å². The van der Waals surface area contributed by atoms with Crippen LogP contribution in [0.2, 0.25) is 0 Å². The fourth-order valence-corrected chi connectivity index (χ4v) is 1.99. The van der Waals surface area contributed by atoms with Crippen molar-refractivity contribution in [1.29, 1.82) is 0 Å². The minimum Gasteiger partial charge on any atom is -0.393 e. The van der Waals surface area contributed by atoms with Crippen molar-refractivity contribution < 1.29 is 5.11 Å². The second-order valence-corrected chi connectivity index (χ2v) is 4.73. The van der Waals surface area contributed by atoms with Gasteiger partial charge in [-0.1, -0.05) is 12.8 Å². The van der Waals surface area contributed by atoms with Crippen molar-refractivity contribution in [2.75, 3.05) is 0 Å². The third kappa shape index (κ3) is 5.27. The fraction of sp³-hybridized carbons (Fsp3) is 1.00. The Morgan fingerprint density at radius 3 is 2.31 bits per heavy atom. The van der Waals surface area contributed by atoms with Crippen molar-refractivity contribution in [3.8, 4) is 0 Å². The second kappa shape index (κ2) is 4.97. The fourth-order valence-electron chi connectivity index (χ4n) is 1.99. The van der Waals surface area contributed by atoms with Gasteiger partial charge in [-0.15, -0.1) is 0 Å². The Morgan fingerprint density at radius 2 is 1.85 bits per heavy atom. The zero-order valence-electron chi connectivity index (χ0n) is 9.09. The van der Waals surface area contributed by atoms with Crippen LogP contribution in [0.5, 0.6) is 0 Å². The number of rotatable bonds is 6. The lowest BCUT2D eigenvalue weighted by molar-refractivity contribution is 0.167. The summed E-state index contributed by atoms with van der Waals surface area (Å²) in [5.74, 6) is 0.987. The van der Waals surface area contributed by atoms with Gasteiger partial charge in [-0.25, -0.2) is 0 Å². The van der Waals surface area contributed by atoms with Crippen molar-refractivity contribution in [3.63, 3.8) is 0 Å². The number of hydrogen-bond donors (Lipinski definition) is 2. The van der Waals surface area contributed by atoms with Gasteiger partial charge in [-0.2, -0.15) is 0 Å². The molecule has 0 aromatic heterocycles. The molecule has 0 bridgehead atoms. The van der Waals surface area contributed by atoms with Gasteiger partial charge in [0.15, 0.2) is 0 Å². The zero-order valence-corrected chi connectivity index (χ0v) is 9.09. The smallest absolute Gasteiger partial charge is 0.0526 e. The van der Waals surface area contributed by atoms with Crippen LogP contribution in [0.3, 0.4) is 0 Å². The quantitative estimate of drug-likeness (QED) is 0.662. The molecule has 2 nitrogen and oxygen atoms in total. The van der Waals surface area contributed by atoms with E-state index in [1.807, 2.05) is 6.92 Å². The van der Waals surface area contributed by atoms with Gasteiger partial charge in [0, 0.05) is 12.1 Å². The number of hydrogen-bond acceptors (Lipinski definition) is 2. The Kier molecular flexibility index (Phi) is 4.20. The van der Waals surface area contributed by atoms with E-state index < -0.39 is 0 Å². The van der Waals surface area contributed by atoms with Crippen molar-refractivity contribution in [2.45, 2.75) is 64.6 Å². The molecule has 0 aromatic carbocycles. The summed E-state index contributed by atoms with van der Waals surface area (Å²) < 4.78 is 0. The maximum atomic E-state index is 9.19. The standard InChI is InChI=1S/C11H23NO/c1-8(6-10(3)13)12-9(2)7-11-4-5-11/h8-13H,4-7H2,1-3H3. The molecule has 0 heterocycles. The predicted octanol–water partition coefficient (Wildman–Crippen LogP) is 1.92. The van der Waals surface area contributed by atoms with Gasteiger partial charge in [-0.05, 0) is 39.5 Å². The van der Waals surface area contributed by atoms with Gasteiger partial charge in [0.2, 0.25) is 0 Å². The van der Waals surface area contributed by atoms with Crippen molar-refractivity contribution in [1.82, 2.24) is 5.32 Å². The Bertz CT molecular complexity index is 135. The highest BCUT2D eigenvalue weighted by atomic mass is 16.3. The van der Waals surface area contributed by atoms with Gasteiger partial charge in [0.25, 0.3) is 0 Å². The SMILES string of the molecule is CC(O)CC(C)NC(C)CC1CC1. The van der Waals surface area contributed by atoms with Crippen LogP contribution in [0, 0.1) is 5.92 Å². The number of aliphatic hydroxyl groups is 1. The van der Waals surface area contributed by atoms with Crippen LogP contribution >= 0.6 is 0 Å². The van der Waals surface area contributed by atoms with Crippen LogP contribution in [0.1, 0.15) is 46.5 Å². The molecule has 1 fully saturated rings. The number of aliphatic hydroxyl groups excluding tert-OH is 1. The normalized spacial score (nSPS) is 24.0. The second-order valence-electron chi connectivity index (χ2n) is 4.73. The summed E-state index contributed by atoms with van der Waals surface area (Å²) in [4.78, 5) is 0. The maximum Gasteiger partial charge on any atom is 0.0526 e. The molecule has 13 heavy (non-hydrogen) atoms. The first-order valence-electron chi connectivity index (χ1n) is 5.52. The zero-order chi connectivity index (χ0) is 9.84. The van der Waals surface area contributed by atoms with E-state index in [-0.39, 0.29) is 6.10 Å². The maximum absolute atomic E-state index is 9.19. The van der Waals surface area contributed by atoms with Crippen LogP contribution < -0.4 is 5.32 Å². The minimum absolute atomic E-state index is 0.185. The van der Waals surface area contributed by atoms with E-state index in [4.69, 9.17) is 0 Å². The van der Waals surface area contributed by atoms with Crippen molar-refractivity contribution >= 4 is 0 Å². The lowest BCUT2D eigenvalue weighted by Gasteiger charge is -2.20. The Labute approximate surface area is 81.7 Å². The third-order valence-electron chi connectivity index (χ3n) is 2.65. The Hall–Kier alpha value is -0.0800. The van der Waals surface area contributed by atoms with Gasteiger partial charge >= 0.3 is 0 Å². The van der Waals surface area contributed by atoms with Gasteiger partial charge < -0.3 is 10.4 Å². The first-order chi connectivity index (χ1) is 6.08. The van der Waals surface area contributed by atoms with Crippen molar-refractivity contribution in [3.05, 3.63) is 0 Å².